The second-order valence-electron chi connectivity index (χ2n) is 6.78. The maximum absolute atomic E-state index is 12.9. The Morgan fingerprint density at radius 1 is 1.35 bits per heavy atom. The van der Waals surface area contributed by atoms with Crippen molar-refractivity contribution >= 4 is 5.97 Å². The van der Waals surface area contributed by atoms with Crippen molar-refractivity contribution < 1.29 is 22.7 Å². The molecule has 26 heavy (non-hydrogen) atoms. The van der Waals surface area contributed by atoms with Crippen LogP contribution < -0.4 is 0 Å². The van der Waals surface area contributed by atoms with E-state index in [0.29, 0.717) is 6.08 Å². The van der Waals surface area contributed by atoms with E-state index in [0.717, 1.165) is 25.0 Å². The van der Waals surface area contributed by atoms with Gasteiger partial charge >= 0.3 is 12.1 Å². The molecule has 0 radical (unpaired) electrons. The highest BCUT2D eigenvalue weighted by atomic mass is 19.4. The molecule has 1 aliphatic carbocycles. The molecule has 0 saturated heterocycles. The van der Waals surface area contributed by atoms with Crippen LogP contribution in [0.5, 0.6) is 0 Å². The molecule has 2 nitrogen and oxygen atoms in total. The van der Waals surface area contributed by atoms with Gasteiger partial charge in [-0.25, -0.2) is 4.79 Å². The smallest absolute Gasteiger partial charge is 0.416 e. The lowest BCUT2D eigenvalue weighted by atomic mass is 9.68. The van der Waals surface area contributed by atoms with Crippen LogP contribution in [0.1, 0.15) is 40.5 Å². The molecule has 0 bridgehead atoms. The Morgan fingerprint density at radius 2 is 2.00 bits per heavy atom. The summed E-state index contributed by atoms with van der Waals surface area (Å²) >= 11 is 0. The third-order valence-corrected chi connectivity index (χ3v) is 4.28. The maximum atomic E-state index is 12.9. The topological polar surface area (TPSA) is 26.3 Å². The summed E-state index contributed by atoms with van der Waals surface area (Å²) in [5.74, 6) is 4.51. The van der Waals surface area contributed by atoms with Crippen LogP contribution in [0, 0.1) is 23.2 Å². The predicted molar refractivity (Wildman–Crippen MR) is 97.1 cm³/mol. The summed E-state index contributed by atoms with van der Waals surface area (Å²) in [6.07, 6.45) is 5.65. The van der Waals surface area contributed by atoms with Gasteiger partial charge in [0.1, 0.15) is 0 Å². The minimum Gasteiger partial charge on any atom is -0.463 e. The van der Waals surface area contributed by atoms with Crippen LogP contribution in [0.4, 0.5) is 13.2 Å². The van der Waals surface area contributed by atoms with Crippen molar-refractivity contribution in [2.24, 2.45) is 11.3 Å². The number of esters is 1. The van der Waals surface area contributed by atoms with Crippen LogP contribution in [0.3, 0.4) is 0 Å². The Morgan fingerprint density at radius 3 is 2.58 bits per heavy atom. The highest BCUT2D eigenvalue weighted by Crippen LogP contribution is 2.41. The number of halogens is 3. The van der Waals surface area contributed by atoms with Crippen LogP contribution in [0.2, 0.25) is 0 Å². The third kappa shape index (κ3) is 6.95. The van der Waals surface area contributed by atoms with E-state index in [4.69, 9.17) is 0 Å². The number of hydrogen-bond donors (Lipinski definition) is 0. The number of allylic oxidation sites excluding steroid dienone is 7. The number of hydrogen-bond acceptors (Lipinski definition) is 2. The first-order chi connectivity index (χ1) is 12.1. The molecule has 0 N–H and O–H groups in total. The van der Waals surface area contributed by atoms with Gasteiger partial charge in [0, 0.05) is 12.0 Å². The number of carbonyl (C=O) groups excluding carboxylic acids is 1. The van der Waals surface area contributed by atoms with Crippen LogP contribution in [0.25, 0.3) is 0 Å². The number of alkyl halides is 3. The molecule has 142 valence electrons. The fourth-order valence-electron chi connectivity index (χ4n) is 2.89. The van der Waals surface area contributed by atoms with Gasteiger partial charge in [0.05, 0.1) is 12.2 Å². The number of ether oxygens (including phenoxy) is 1. The van der Waals surface area contributed by atoms with Gasteiger partial charge in [-0.1, -0.05) is 43.4 Å². The van der Waals surface area contributed by atoms with E-state index in [1.807, 2.05) is 6.08 Å². The molecule has 1 unspecified atom stereocenters. The summed E-state index contributed by atoms with van der Waals surface area (Å²) in [7, 11) is 0. The minimum atomic E-state index is -4.64. The van der Waals surface area contributed by atoms with Gasteiger partial charge in [-0.2, -0.15) is 13.2 Å². The highest BCUT2D eigenvalue weighted by Gasteiger charge is 2.32. The van der Waals surface area contributed by atoms with Gasteiger partial charge in [0.2, 0.25) is 0 Å². The van der Waals surface area contributed by atoms with E-state index in [9.17, 15) is 18.0 Å². The van der Waals surface area contributed by atoms with Crippen molar-refractivity contribution in [3.8, 4) is 11.8 Å². The Balaban J connectivity index is 2.82. The monoisotopic (exact) mass is 366 g/mol. The molecule has 1 atom stereocenters. The van der Waals surface area contributed by atoms with E-state index >= 15 is 0 Å². The molecule has 0 aromatic heterocycles. The van der Waals surface area contributed by atoms with Crippen molar-refractivity contribution in [2.45, 2.75) is 46.7 Å². The Bertz CT molecular complexity index is 680. The quantitative estimate of drug-likeness (QED) is 0.215. The molecule has 0 aromatic rings. The summed E-state index contributed by atoms with van der Waals surface area (Å²) in [6.45, 7) is 8.01. The van der Waals surface area contributed by atoms with Crippen molar-refractivity contribution in [2.75, 3.05) is 6.61 Å². The lowest BCUT2D eigenvalue weighted by Crippen LogP contribution is -2.26. The highest BCUT2D eigenvalue weighted by molar-refractivity contribution is 5.83. The average Bonchev–Trinajstić information content (AvgIpc) is 2.50. The summed E-state index contributed by atoms with van der Waals surface area (Å²) in [5, 5.41) is 0. The minimum absolute atomic E-state index is 0.0141. The van der Waals surface area contributed by atoms with Gasteiger partial charge in [-0.15, -0.1) is 0 Å². The average molecular weight is 366 g/mol. The molecule has 1 rings (SSSR count). The van der Waals surface area contributed by atoms with Crippen molar-refractivity contribution in [3.63, 3.8) is 0 Å². The lowest BCUT2D eigenvalue weighted by Gasteiger charge is -2.36. The summed E-state index contributed by atoms with van der Waals surface area (Å²) in [5.41, 5.74) is 0.326. The first kappa shape index (κ1) is 21.8. The standard InChI is InChI=1S/C21H25F3O2/c1-5-26-19(25)15-17(21(22,23)24)12-8-6-7-9-13-18-16(2)11-10-14-20(18,3)4/h8-9,11-13,15,18H,5,10,14H2,1-4H3/b12-8+,13-9+,17-15+. The van der Waals surface area contributed by atoms with Crippen LogP contribution >= 0.6 is 0 Å². The van der Waals surface area contributed by atoms with Gasteiger partial charge in [-0.05, 0) is 50.3 Å². The fraction of sp³-hybridized carbons (Fsp3) is 0.476. The summed E-state index contributed by atoms with van der Waals surface area (Å²) in [4.78, 5) is 11.2. The van der Waals surface area contributed by atoms with E-state index in [1.165, 1.54) is 12.5 Å². The zero-order chi connectivity index (χ0) is 19.8. The lowest BCUT2D eigenvalue weighted by molar-refractivity contribution is -0.138. The van der Waals surface area contributed by atoms with E-state index in [-0.39, 0.29) is 17.9 Å². The second-order valence-corrected chi connectivity index (χ2v) is 6.78. The molecule has 0 fully saturated rings. The van der Waals surface area contributed by atoms with Crippen LogP contribution in [0.15, 0.2) is 47.6 Å². The van der Waals surface area contributed by atoms with Gasteiger partial charge in [0.15, 0.2) is 0 Å². The van der Waals surface area contributed by atoms with Crippen molar-refractivity contribution in [1.82, 2.24) is 0 Å². The van der Waals surface area contributed by atoms with Gasteiger partial charge in [-0.3, -0.25) is 0 Å². The molecular formula is C21H25F3O2. The fourth-order valence-corrected chi connectivity index (χ4v) is 2.89. The van der Waals surface area contributed by atoms with Crippen LogP contribution in [-0.4, -0.2) is 18.8 Å². The Hall–Kier alpha value is -2.22. The molecule has 0 spiro atoms. The van der Waals surface area contributed by atoms with E-state index in [2.05, 4.69) is 43.4 Å². The molecular weight excluding hydrogens is 341 g/mol. The van der Waals surface area contributed by atoms with Crippen molar-refractivity contribution in [1.29, 1.82) is 0 Å². The number of rotatable bonds is 4. The molecule has 0 aromatic carbocycles. The molecule has 0 amide bonds. The zero-order valence-electron chi connectivity index (χ0n) is 15.6. The zero-order valence-corrected chi connectivity index (χ0v) is 15.6. The summed E-state index contributed by atoms with van der Waals surface area (Å²) < 4.78 is 43.1. The maximum Gasteiger partial charge on any atom is 0.416 e. The second kappa shape index (κ2) is 9.47. The van der Waals surface area contributed by atoms with E-state index in [1.54, 1.807) is 6.08 Å². The first-order valence-corrected chi connectivity index (χ1v) is 8.54. The molecule has 0 saturated carbocycles. The van der Waals surface area contributed by atoms with Gasteiger partial charge in [0.25, 0.3) is 0 Å². The SMILES string of the molecule is CCOC(=O)/C=C(\C=C\C#C/C=C/C1C(C)=CCCC1(C)C)C(F)(F)F. The van der Waals surface area contributed by atoms with E-state index < -0.39 is 17.7 Å². The van der Waals surface area contributed by atoms with Gasteiger partial charge < -0.3 is 4.74 Å². The number of carbonyl (C=O) groups is 1. The van der Waals surface area contributed by atoms with Crippen molar-refractivity contribution in [3.05, 3.63) is 47.6 Å². The first-order valence-electron chi connectivity index (χ1n) is 8.54. The Kier molecular flexibility index (Phi) is 7.95. The molecule has 1 aliphatic rings. The molecule has 0 heterocycles. The van der Waals surface area contributed by atoms with Crippen LogP contribution in [-0.2, 0) is 9.53 Å². The third-order valence-electron chi connectivity index (χ3n) is 4.28. The normalized spacial score (nSPS) is 20.7. The molecule has 5 heteroatoms. The predicted octanol–water partition coefficient (Wildman–Crippen LogP) is 5.54. The molecule has 0 aliphatic heterocycles. The largest absolute Gasteiger partial charge is 0.463 e. The Labute approximate surface area is 153 Å². The summed E-state index contributed by atoms with van der Waals surface area (Å²) in [6, 6.07) is 0.